The lowest BCUT2D eigenvalue weighted by Gasteiger charge is -2.22. The highest BCUT2D eigenvalue weighted by Gasteiger charge is 2.15. The summed E-state index contributed by atoms with van der Waals surface area (Å²) in [5.74, 6) is 0.782. The largest absolute Gasteiger partial charge is 0.389 e. The van der Waals surface area contributed by atoms with Crippen molar-refractivity contribution >= 4 is 0 Å². The van der Waals surface area contributed by atoms with E-state index in [0.29, 0.717) is 0 Å². The first-order valence-corrected chi connectivity index (χ1v) is 5.14. The molecular weight excluding hydrogens is 148 g/mol. The molecule has 0 unspecified atom stereocenters. The zero-order chi connectivity index (χ0) is 8.81. The Morgan fingerprint density at radius 1 is 1.33 bits per heavy atom. The van der Waals surface area contributed by atoms with Crippen LogP contribution in [0.1, 0.15) is 45.4 Å². The van der Waals surface area contributed by atoms with E-state index >= 15 is 0 Å². The smallest absolute Gasteiger partial charge is 0.0723 e. The van der Waals surface area contributed by atoms with Crippen molar-refractivity contribution in [3.8, 4) is 0 Å². The van der Waals surface area contributed by atoms with Crippen molar-refractivity contribution in [3.63, 3.8) is 0 Å². The normalized spacial score (nSPS) is 23.2. The van der Waals surface area contributed by atoms with Gasteiger partial charge in [0.15, 0.2) is 0 Å². The summed E-state index contributed by atoms with van der Waals surface area (Å²) >= 11 is 0. The summed E-state index contributed by atoms with van der Waals surface area (Å²) in [5, 5.41) is 9.51. The molecule has 0 aromatic rings. The average Bonchev–Trinajstić information content (AvgIpc) is 2.06. The van der Waals surface area contributed by atoms with Crippen LogP contribution in [-0.4, -0.2) is 11.2 Å². The third-order valence-corrected chi connectivity index (χ3v) is 2.71. The van der Waals surface area contributed by atoms with Crippen LogP contribution < -0.4 is 0 Å². The molecule has 0 aliphatic heterocycles. The minimum atomic E-state index is -0.196. The molecule has 0 heterocycles. The Balaban J connectivity index is 2.19. The summed E-state index contributed by atoms with van der Waals surface area (Å²) in [4.78, 5) is 0. The third kappa shape index (κ3) is 3.40. The standard InChI is InChI=1S/C11H20O/c1-2-6-11(12)9-10-7-4-3-5-8-10/h2,6,10-12H,3-5,7-9H2,1H3/t11-/m1/s1. The highest BCUT2D eigenvalue weighted by atomic mass is 16.3. The minimum Gasteiger partial charge on any atom is -0.389 e. The molecule has 0 aromatic carbocycles. The maximum Gasteiger partial charge on any atom is 0.0723 e. The summed E-state index contributed by atoms with van der Waals surface area (Å²) in [5.41, 5.74) is 0. The second-order valence-corrected chi connectivity index (χ2v) is 3.83. The van der Waals surface area contributed by atoms with Crippen molar-refractivity contribution in [2.45, 2.75) is 51.6 Å². The number of hydrogen-bond donors (Lipinski definition) is 1. The minimum absolute atomic E-state index is 0.196. The first kappa shape index (κ1) is 9.79. The van der Waals surface area contributed by atoms with Crippen molar-refractivity contribution in [3.05, 3.63) is 12.2 Å². The van der Waals surface area contributed by atoms with E-state index in [0.717, 1.165) is 12.3 Å². The molecule has 12 heavy (non-hydrogen) atoms. The predicted octanol–water partition coefficient (Wildman–Crippen LogP) is 2.89. The van der Waals surface area contributed by atoms with Gasteiger partial charge in [0.2, 0.25) is 0 Å². The molecule has 1 saturated carbocycles. The Bertz CT molecular complexity index is 134. The van der Waals surface area contributed by atoms with Gasteiger partial charge in [0.1, 0.15) is 0 Å². The van der Waals surface area contributed by atoms with E-state index in [9.17, 15) is 5.11 Å². The molecule has 1 nitrogen and oxygen atoms in total. The van der Waals surface area contributed by atoms with Crippen LogP contribution in [0.5, 0.6) is 0 Å². The molecule has 1 rings (SSSR count). The van der Waals surface area contributed by atoms with Gasteiger partial charge in [-0.2, -0.15) is 0 Å². The molecule has 0 amide bonds. The van der Waals surface area contributed by atoms with Crippen LogP contribution in [0.4, 0.5) is 0 Å². The van der Waals surface area contributed by atoms with Gasteiger partial charge in [-0.3, -0.25) is 0 Å². The topological polar surface area (TPSA) is 20.2 Å². The second-order valence-electron chi connectivity index (χ2n) is 3.83. The summed E-state index contributed by atoms with van der Waals surface area (Å²) in [6, 6.07) is 0. The van der Waals surface area contributed by atoms with E-state index in [-0.39, 0.29) is 6.10 Å². The molecule has 1 fully saturated rings. The van der Waals surface area contributed by atoms with Crippen molar-refractivity contribution in [1.82, 2.24) is 0 Å². The van der Waals surface area contributed by atoms with E-state index in [4.69, 9.17) is 0 Å². The maximum atomic E-state index is 9.51. The third-order valence-electron chi connectivity index (χ3n) is 2.71. The first-order valence-electron chi connectivity index (χ1n) is 5.14. The lowest BCUT2D eigenvalue weighted by Crippen LogP contribution is -2.13. The quantitative estimate of drug-likeness (QED) is 0.642. The van der Waals surface area contributed by atoms with Gasteiger partial charge in [-0.1, -0.05) is 44.3 Å². The SMILES string of the molecule is CC=C[C@@H](O)CC1CCCCC1. The van der Waals surface area contributed by atoms with Crippen LogP contribution in [0.15, 0.2) is 12.2 Å². The molecule has 1 N–H and O–H groups in total. The fraction of sp³-hybridized carbons (Fsp3) is 0.818. The Hall–Kier alpha value is -0.300. The Morgan fingerprint density at radius 3 is 2.58 bits per heavy atom. The van der Waals surface area contributed by atoms with Crippen LogP contribution in [0, 0.1) is 5.92 Å². The Morgan fingerprint density at radius 2 is 2.00 bits per heavy atom. The molecule has 1 heteroatoms. The van der Waals surface area contributed by atoms with E-state index in [2.05, 4.69) is 0 Å². The van der Waals surface area contributed by atoms with Crippen LogP contribution in [0.2, 0.25) is 0 Å². The van der Waals surface area contributed by atoms with Gasteiger partial charge in [0, 0.05) is 0 Å². The summed E-state index contributed by atoms with van der Waals surface area (Å²) in [6.45, 7) is 1.96. The second kappa shape index (κ2) is 5.36. The first-order chi connectivity index (χ1) is 5.83. The van der Waals surface area contributed by atoms with Gasteiger partial charge in [-0.05, 0) is 19.3 Å². The Labute approximate surface area is 75.5 Å². The molecule has 0 spiro atoms. The predicted molar refractivity (Wildman–Crippen MR) is 52.0 cm³/mol. The van der Waals surface area contributed by atoms with E-state index in [1.54, 1.807) is 0 Å². The van der Waals surface area contributed by atoms with E-state index in [1.165, 1.54) is 32.1 Å². The molecule has 1 aliphatic carbocycles. The van der Waals surface area contributed by atoms with Crippen LogP contribution in [-0.2, 0) is 0 Å². The number of hydrogen-bond acceptors (Lipinski definition) is 1. The molecule has 1 atom stereocenters. The van der Waals surface area contributed by atoms with Gasteiger partial charge >= 0.3 is 0 Å². The summed E-state index contributed by atoms with van der Waals surface area (Å²) in [6.07, 6.45) is 11.4. The molecular formula is C11H20O. The Kier molecular flexibility index (Phi) is 4.37. The van der Waals surface area contributed by atoms with Crippen molar-refractivity contribution in [2.24, 2.45) is 5.92 Å². The van der Waals surface area contributed by atoms with Crippen LogP contribution >= 0.6 is 0 Å². The number of rotatable bonds is 3. The van der Waals surface area contributed by atoms with Gasteiger partial charge in [-0.25, -0.2) is 0 Å². The van der Waals surface area contributed by atoms with Crippen LogP contribution in [0.25, 0.3) is 0 Å². The average molecular weight is 168 g/mol. The molecule has 0 saturated heterocycles. The van der Waals surface area contributed by atoms with Crippen molar-refractivity contribution in [1.29, 1.82) is 0 Å². The number of aliphatic hydroxyl groups excluding tert-OH is 1. The molecule has 0 bridgehead atoms. The fourth-order valence-corrected chi connectivity index (χ4v) is 2.07. The molecule has 1 aliphatic rings. The van der Waals surface area contributed by atoms with Crippen molar-refractivity contribution in [2.75, 3.05) is 0 Å². The van der Waals surface area contributed by atoms with Crippen molar-refractivity contribution < 1.29 is 5.11 Å². The molecule has 70 valence electrons. The van der Waals surface area contributed by atoms with Gasteiger partial charge < -0.3 is 5.11 Å². The van der Waals surface area contributed by atoms with Crippen LogP contribution in [0.3, 0.4) is 0 Å². The maximum absolute atomic E-state index is 9.51. The van der Waals surface area contributed by atoms with Gasteiger partial charge in [-0.15, -0.1) is 0 Å². The lowest BCUT2D eigenvalue weighted by molar-refractivity contribution is 0.170. The van der Waals surface area contributed by atoms with Gasteiger partial charge in [0.05, 0.1) is 6.10 Å². The fourth-order valence-electron chi connectivity index (χ4n) is 2.07. The summed E-state index contributed by atoms with van der Waals surface area (Å²) < 4.78 is 0. The summed E-state index contributed by atoms with van der Waals surface area (Å²) in [7, 11) is 0. The lowest BCUT2D eigenvalue weighted by atomic mass is 9.85. The van der Waals surface area contributed by atoms with Gasteiger partial charge in [0.25, 0.3) is 0 Å². The zero-order valence-corrected chi connectivity index (χ0v) is 8.00. The number of aliphatic hydroxyl groups is 1. The zero-order valence-electron chi connectivity index (χ0n) is 8.00. The molecule has 0 aromatic heterocycles. The van der Waals surface area contributed by atoms with E-state index < -0.39 is 0 Å². The highest BCUT2D eigenvalue weighted by Crippen LogP contribution is 2.27. The monoisotopic (exact) mass is 168 g/mol. The van der Waals surface area contributed by atoms with E-state index in [1.807, 2.05) is 19.1 Å². The number of allylic oxidation sites excluding steroid dienone is 1. The molecule has 0 radical (unpaired) electrons. The highest BCUT2D eigenvalue weighted by molar-refractivity contribution is 4.87.